The van der Waals surface area contributed by atoms with Gasteiger partial charge in [0.05, 0.1) is 12.1 Å². The molecule has 6 rings (SSSR count). The van der Waals surface area contributed by atoms with E-state index < -0.39 is 0 Å². The fourth-order valence-electron chi connectivity index (χ4n) is 7.81. The zero-order chi connectivity index (χ0) is 24.1. The van der Waals surface area contributed by atoms with Crippen LogP contribution < -0.4 is 5.32 Å². The van der Waals surface area contributed by atoms with Crippen LogP contribution in [0, 0.1) is 29.6 Å². The Morgan fingerprint density at radius 2 is 1.23 bits per heavy atom. The maximum Gasteiger partial charge on any atom is 0.226 e. The van der Waals surface area contributed by atoms with Crippen molar-refractivity contribution in [1.29, 1.82) is 0 Å². The predicted molar refractivity (Wildman–Crippen MR) is 133 cm³/mol. The van der Waals surface area contributed by atoms with Crippen molar-refractivity contribution in [3.63, 3.8) is 0 Å². The van der Waals surface area contributed by atoms with Crippen LogP contribution in [0.4, 0.5) is 0 Å². The zero-order valence-corrected chi connectivity index (χ0v) is 21.5. The van der Waals surface area contributed by atoms with E-state index in [0.29, 0.717) is 36.1 Å². The maximum absolute atomic E-state index is 13.3. The first kappa shape index (κ1) is 23.7. The van der Waals surface area contributed by atoms with Gasteiger partial charge in [0.25, 0.3) is 0 Å². The number of piperazine rings is 2. The Kier molecular flexibility index (Phi) is 6.57. The highest BCUT2D eigenvalue weighted by molar-refractivity contribution is 5.84. The van der Waals surface area contributed by atoms with Crippen LogP contribution in [0.2, 0.25) is 0 Å². The molecule has 6 fully saturated rings. The van der Waals surface area contributed by atoms with Crippen molar-refractivity contribution in [2.45, 2.75) is 95.7 Å². The molecule has 7 nitrogen and oxygen atoms in total. The molecule has 35 heavy (non-hydrogen) atoms. The Hall–Kier alpha value is -1.63. The minimum atomic E-state index is 0.134. The van der Waals surface area contributed by atoms with E-state index in [1.165, 1.54) is 0 Å². The average Bonchev–Trinajstić information content (AvgIpc) is 3.80. The predicted octanol–water partition coefficient (Wildman–Crippen LogP) is 2.64. The summed E-state index contributed by atoms with van der Waals surface area (Å²) in [7, 11) is 0. The minimum absolute atomic E-state index is 0.134. The lowest BCUT2D eigenvalue weighted by atomic mass is 9.67. The quantitative estimate of drug-likeness (QED) is 0.666. The normalized spacial score (nSPS) is 38.1. The molecular formula is C28H44N4O3. The molecule has 2 saturated heterocycles. The molecule has 0 aromatic carbocycles. The molecule has 0 radical (unpaired) electrons. The van der Waals surface area contributed by atoms with Gasteiger partial charge in [0.2, 0.25) is 17.7 Å². The van der Waals surface area contributed by atoms with Crippen molar-refractivity contribution >= 4 is 17.7 Å². The molecule has 0 aromatic heterocycles. The van der Waals surface area contributed by atoms with Gasteiger partial charge in [-0.3, -0.25) is 14.4 Å². The van der Waals surface area contributed by atoms with E-state index in [-0.39, 0.29) is 35.9 Å². The van der Waals surface area contributed by atoms with Crippen molar-refractivity contribution in [3.8, 4) is 0 Å². The molecule has 4 atom stereocenters. The summed E-state index contributed by atoms with van der Waals surface area (Å²) >= 11 is 0. The number of nitrogens with zero attached hydrogens (tertiary/aromatic N) is 3. The third-order valence-electron chi connectivity index (χ3n) is 10.1. The van der Waals surface area contributed by atoms with Crippen LogP contribution >= 0.6 is 0 Å². The lowest BCUT2D eigenvalue weighted by Gasteiger charge is -2.55. The average molecular weight is 485 g/mol. The van der Waals surface area contributed by atoms with E-state index in [1.54, 1.807) is 0 Å². The van der Waals surface area contributed by atoms with E-state index in [2.05, 4.69) is 26.9 Å². The largest absolute Gasteiger partial charge is 0.340 e. The SMILES string of the molecule is C[C@H]1CN(C(=O)C2CC2)C2CC(C3CCC(C(=O)N4CCNCC4)CC3)CCC2N1C(=O)C1CC1. The summed E-state index contributed by atoms with van der Waals surface area (Å²) in [6, 6.07) is 0.535. The lowest BCUT2D eigenvalue weighted by Crippen LogP contribution is -2.67. The first-order chi connectivity index (χ1) is 17.0. The zero-order valence-electron chi connectivity index (χ0n) is 21.5. The Morgan fingerprint density at radius 3 is 1.89 bits per heavy atom. The molecule has 3 unspecified atom stereocenters. The van der Waals surface area contributed by atoms with E-state index in [4.69, 9.17) is 0 Å². The fraction of sp³-hybridized carbons (Fsp3) is 0.893. The van der Waals surface area contributed by atoms with Crippen LogP contribution in [-0.4, -0.2) is 83.3 Å². The van der Waals surface area contributed by atoms with Gasteiger partial charge < -0.3 is 20.0 Å². The van der Waals surface area contributed by atoms with Crippen LogP contribution in [0.15, 0.2) is 0 Å². The maximum atomic E-state index is 13.3. The highest BCUT2D eigenvalue weighted by Gasteiger charge is 2.51. The van der Waals surface area contributed by atoms with E-state index >= 15 is 0 Å². The van der Waals surface area contributed by atoms with Gasteiger partial charge in [-0.1, -0.05) is 0 Å². The molecule has 7 heteroatoms. The highest BCUT2D eigenvalue weighted by Crippen LogP contribution is 2.46. The second kappa shape index (κ2) is 9.68. The van der Waals surface area contributed by atoms with Gasteiger partial charge in [-0.2, -0.15) is 0 Å². The summed E-state index contributed by atoms with van der Waals surface area (Å²) in [5.74, 6) is 3.05. The number of rotatable bonds is 4. The van der Waals surface area contributed by atoms with Crippen molar-refractivity contribution in [2.75, 3.05) is 32.7 Å². The summed E-state index contributed by atoms with van der Waals surface area (Å²) < 4.78 is 0. The summed E-state index contributed by atoms with van der Waals surface area (Å²) in [5, 5.41) is 3.34. The van der Waals surface area contributed by atoms with Crippen molar-refractivity contribution in [1.82, 2.24) is 20.0 Å². The molecule has 4 aliphatic carbocycles. The molecule has 1 N–H and O–H groups in total. The third kappa shape index (κ3) is 4.74. The first-order valence-corrected chi connectivity index (χ1v) is 14.6. The van der Waals surface area contributed by atoms with Gasteiger partial charge in [0, 0.05) is 56.5 Å². The molecule has 4 saturated carbocycles. The summed E-state index contributed by atoms with van der Waals surface area (Å²) in [5.41, 5.74) is 0. The van der Waals surface area contributed by atoms with Gasteiger partial charge >= 0.3 is 0 Å². The molecule has 3 amide bonds. The smallest absolute Gasteiger partial charge is 0.226 e. The van der Waals surface area contributed by atoms with Crippen molar-refractivity contribution in [3.05, 3.63) is 0 Å². The van der Waals surface area contributed by atoms with Crippen LogP contribution in [0.1, 0.15) is 77.6 Å². The Bertz CT molecular complexity index is 826. The van der Waals surface area contributed by atoms with E-state index in [1.807, 2.05) is 0 Å². The van der Waals surface area contributed by atoms with E-state index in [0.717, 1.165) is 96.8 Å². The van der Waals surface area contributed by atoms with Gasteiger partial charge in [-0.25, -0.2) is 0 Å². The summed E-state index contributed by atoms with van der Waals surface area (Å²) in [6.45, 7) is 6.41. The molecule has 6 aliphatic rings. The molecule has 2 heterocycles. The van der Waals surface area contributed by atoms with Gasteiger partial charge in [-0.05, 0) is 89.4 Å². The number of hydrogen-bond donors (Lipinski definition) is 1. The van der Waals surface area contributed by atoms with Crippen LogP contribution in [0.3, 0.4) is 0 Å². The van der Waals surface area contributed by atoms with Crippen LogP contribution in [0.5, 0.6) is 0 Å². The molecule has 2 aliphatic heterocycles. The number of hydrogen-bond acceptors (Lipinski definition) is 4. The number of carbonyl (C=O) groups is 3. The molecular weight excluding hydrogens is 440 g/mol. The van der Waals surface area contributed by atoms with Crippen molar-refractivity contribution in [2.24, 2.45) is 29.6 Å². The number of fused-ring (bicyclic) bond motifs is 1. The van der Waals surface area contributed by atoms with Crippen molar-refractivity contribution < 1.29 is 14.4 Å². The molecule has 194 valence electrons. The topological polar surface area (TPSA) is 73.0 Å². The second-order valence-corrected chi connectivity index (χ2v) is 12.5. The Morgan fingerprint density at radius 1 is 0.657 bits per heavy atom. The minimum Gasteiger partial charge on any atom is -0.340 e. The second-order valence-electron chi connectivity index (χ2n) is 12.5. The number of nitrogens with one attached hydrogen (secondary N) is 1. The molecule has 0 aromatic rings. The number of amides is 3. The highest BCUT2D eigenvalue weighted by atomic mass is 16.2. The molecule has 0 bridgehead atoms. The van der Waals surface area contributed by atoms with Gasteiger partial charge in [0.15, 0.2) is 0 Å². The third-order valence-corrected chi connectivity index (χ3v) is 10.1. The first-order valence-electron chi connectivity index (χ1n) is 14.6. The fourth-order valence-corrected chi connectivity index (χ4v) is 7.81. The monoisotopic (exact) mass is 484 g/mol. The Labute approximate surface area is 210 Å². The number of carbonyl (C=O) groups excluding carboxylic acids is 3. The molecule has 0 spiro atoms. The summed E-state index contributed by atoms with van der Waals surface area (Å²) in [6.07, 6.45) is 11.7. The standard InChI is InChI=1S/C28H44N4O3/c1-18-17-31(27(34)21-6-7-21)25-16-23(10-11-24(25)32(18)28(35)22-8-9-22)19-2-4-20(5-3-19)26(33)30-14-12-29-13-15-30/h18-25,29H,2-17H2,1H3/t18-,19?,20?,23?,24?,25?/m0/s1. The Balaban J connectivity index is 1.11. The summed E-state index contributed by atoms with van der Waals surface area (Å²) in [4.78, 5) is 46.1. The van der Waals surface area contributed by atoms with E-state index in [9.17, 15) is 14.4 Å². The van der Waals surface area contributed by atoms with Gasteiger partial charge in [0.1, 0.15) is 0 Å². The van der Waals surface area contributed by atoms with Crippen LogP contribution in [-0.2, 0) is 14.4 Å². The van der Waals surface area contributed by atoms with Gasteiger partial charge in [-0.15, -0.1) is 0 Å². The van der Waals surface area contributed by atoms with Crippen LogP contribution in [0.25, 0.3) is 0 Å². The lowest BCUT2D eigenvalue weighted by molar-refractivity contribution is -0.157.